The van der Waals surface area contributed by atoms with Crippen molar-refractivity contribution in [3.63, 3.8) is 0 Å². The summed E-state index contributed by atoms with van der Waals surface area (Å²) in [6.07, 6.45) is 0. The predicted molar refractivity (Wildman–Crippen MR) is 106 cm³/mol. The molecule has 0 aliphatic heterocycles. The van der Waals surface area contributed by atoms with Gasteiger partial charge in [-0.3, -0.25) is 14.4 Å². The lowest BCUT2D eigenvalue weighted by Crippen LogP contribution is -2.34. The zero-order valence-corrected chi connectivity index (χ0v) is 15.8. The number of hydrogen-bond acceptors (Lipinski definition) is 6. The van der Waals surface area contributed by atoms with Crippen molar-refractivity contribution in [1.29, 1.82) is 0 Å². The Bertz CT molecular complexity index is 1090. The molecule has 0 aliphatic carbocycles. The van der Waals surface area contributed by atoms with Gasteiger partial charge in [-0.05, 0) is 18.6 Å². The summed E-state index contributed by atoms with van der Waals surface area (Å²) >= 11 is 0. The molecule has 0 spiro atoms. The molecule has 1 aromatic heterocycles. The SMILES string of the molecule is CCOC(=O)CNC(=O)c1c(O)n(OCc2ccccc2)c(=O)c2ccccc12. The van der Waals surface area contributed by atoms with Gasteiger partial charge in [-0.25, -0.2) is 0 Å². The average molecular weight is 396 g/mol. The van der Waals surface area contributed by atoms with Crippen LogP contribution in [-0.4, -0.2) is 34.9 Å². The molecular weight excluding hydrogens is 376 g/mol. The van der Waals surface area contributed by atoms with Gasteiger partial charge in [0.15, 0.2) is 0 Å². The monoisotopic (exact) mass is 396 g/mol. The normalized spacial score (nSPS) is 10.5. The third-order valence-electron chi connectivity index (χ3n) is 4.16. The van der Waals surface area contributed by atoms with Gasteiger partial charge in [0, 0.05) is 5.39 Å². The second-order valence-corrected chi connectivity index (χ2v) is 6.09. The van der Waals surface area contributed by atoms with Crippen molar-refractivity contribution in [2.75, 3.05) is 13.2 Å². The summed E-state index contributed by atoms with van der Waals surface area (Å²) in [5.41, 5.74) is 0.00815. The molecule has 2 aromatic carbocycles. The standard InChI is InChI=1S/C21H20N2O6/c1-2-28-17(24)12-22-19(25)18-15-10-6-7-11-16(15)20(26)23(21(18)27)29-13-14-8-4-3-5-9-14/h3-11,27H,2,12-13H2,1H3,(H,22,25). The summed E-state index contributed by atoms with van der Waals surface area (Å²) < 4.78 is 5.47. The van der Waals surface area contributed by atoms with Crippen LogP contribution in [0.1, 0.15) is 22.8 Å². The van der Waals surface area contributed by atoms with Gasteiger partial charge in [-0.2, -0.15) is 0 Å². The van der Waals surface area contributed by atoms with Gasteiger partial charge in [0.25, 0.3) is 11.5 Å². The van der Waals surface area contributed by atoms with Crippen LogP contribution < -0.4 is 15.7 Å². The van der Waals surface area contributed by atoms with Crippen LogP contribution in [0, 0.1) is 0 Å². The number of hydrogen-bond donors (Lipinski definition) is 2. The molecule has 8 nitrogen and oxygen atoms in total. The second kappa shape index (κ2) is 8.92. The number of carbonyl (C=O) groups excluding carboxylic acids is 2. The summed E-state index contributed by atoms with van der Waals surface area (Å²) in [5.74, 6) is -1.99. The molecule has 150 valence electrons. The zero-order valence-electron chi connectivity index (χ0n) is 15.8. The Balaban J connectivity index is 1.98. The molecule has 0 bridgehead atoms. The number of fused-ring (bicyclic) bond motifs is 1. The van der Waals surface area contributed by atoms with Gasteiger partial charge in [-0.1, -0.05) is 48.5 Å². The lowest BCUT2D eigenvalue weighted by molar-refractivity contribution is -0.141. The van der Waals surface area contributed by atoms with E-state index >= 15 is 0 Å². The van der Waals surface area contributed by atoms with E-state index < -0.39 is 23.3 Å². The fraction of sp³-hybridized carbons (Fsp3) is 0.190. The van der Waals surface area contributed by atoms with Crippen LogP contribution in [0.3, 0.4) is 0 Å². The lowest BCUT2D eigenvalue weighted by Gasteiger charge is -2.15. The number of ether oxygens (including phenoxy) is 1. The zero-order chi connectivity index (χ0) is 20.8. The Morgan fingerprint density at radius 3 is 2.38 bits per heavy atom. The molecule has 0 radical (unpaired) electrons. The Morgan fingerprint density at radius 2 is 1.69 bits per heavy atom. The van der Waals surface area contributed by atoms with Gasteiger partial charge in [0.1, 0.15) is 18.7 Å². The number of nitrogens with zero attached hydrogens (tertiary/aromatic N) is 1. The molecule has 0 atom stereocenters. The molecule has 3 aromatic rings. The highest BCUT2D eigenvalue weighted by molar-refractivity contribution is 6.09. The Kier molecular flexibility index (Phi) is 6.13. The molecule has 1 amide bonds. The number of aromatic hydroxyl groups is 1. The molecule has 2 N–H and O–H groups in total. The van der Waals surface area contributed by atoms with Crippen molar-refractivity contribution in [2.24, 2.45) is 0 Å². The maximum Gasteiger partial charge on any atom is 0.325 e. The molecule has 1 heterocycles. The minimum Gasteiger partial charge on any atom is -0.492 e. The molecule has 0 saturated heterocycles. The number of nitrogens with one attached hydrogen (secondary N) is 1. The Hall–Kier alpha value is -3.81. The number of esters is 1. The van der Waals surface area contributed by atoms with Crippen LogP contribution in [0.25, 0.3) is 10.8 Å². The van der Waals surface area contributed by atoms with Crippen LogP contribution in [0.5, 0.6) is 5.88 Å². The van der Waals surface area contributed by atoms with E-state index in [4.69, 9.17) is 9.57 Å². The summed E-state index contributed by atoms with van der Waals surface area (Å²) in [6.45, 7) is 1.47. The third-order valence-corrected chi connectivity index (χ3v) is 4.16. The van der Waals surface area contributed by atoms with Gasteiger partial charge >= 0.3 is 5.97 Å². The molecule has 3 rings (SSSR count). The van der Waals surface area contributed by atoms with E-state index in [9.17, 15) is 19.5 Å². The maximum absolute atomic E-state index is 12.8. The van der Waals surface area contributed by atoms with E-state index in [0.717, 1.165) is 5.56 Å². The van der Waals surface area contributed by atoms with E-state index in [0.29, 0.717) is 4.73 Å². The first-order valence-corrected chi connectivity index (χ1v) is 9.00. The van der Waals surface area contributed by atoms with Crippen molar-refractivity contribution in [1.82, 2.24) is 10.0 Å². The highest BCUT2D eigenvalue weighted by Crippen LogP contribution is 2.24. The second-order valence-electron chi connectivity index (χ2n) is 6.09. The summed E-state index contributed by atoms with van der Waals surface area (Å²) in [6, 6.07) is 15.4. The Labute approximate surface area is 166 Å². The topological polar surface area (TPSA) is 107 Å². The van der Waals surface area contributed by atoms with Crippen LogP contribution in [0.4, 0.5) is 0 Å². The van der Waals surface area contributed by atoms with Crippen molar-refractivity contribution >= 4 is 22.6 Å². The van der Waals surface area contributed by atoms with Gasteiger partial charge in [-0.15, -0.1) is 4.73 Å². The first kappa shape index (κ1) is 19.9. The molecule has 0 fully saturated rings. The smallest absolute Gasteiger partial charge is 0.325 e. The number of rotatable bonds is 7. The van der Waals surface area contributed by atoms with E-state index in [1.807, 2.05) is 18.2 Å². The first-order chi connectivity index (χ1) is 14.0. The van der Waals surface area contributed by atoms with Crippen LogP contribution >= 0.6 is 0 Å². The largest absolute Gasteiger partial charge is 0.492 e. The molecular formula is C21H20N2O6. The third kappa shape index (κ3) is 4.37. The van der Waals surface area contributed by atoms with E-state index in [1.54, 1.807) is 31.2 Å². The molecule has 8 heteroatoms. The minimum absolute atomic E-state index is 0.0104. The summed E-state index contributed by atoms with van der Waals surface area (Å²) in [7, 11) is 0. The quantitative estimate of drug-likeness (QED) is 0.588. The number of benzene rings is 2. The first-order valence-electron chi connectivity index (χ1n) is 9.00. The molecule has 0 aliphatic rings. The maximum atomic E-state index is 12.8. The predicted octanol–water partition coefficient (Wildman–Crippen LogP) is 1.63. The Morgan fingerprint density at radius 1 is 1.03 bits per heavy atom. The van der Waals surface area contributed by atoms with Crippen molar-refractivity contribution in [3.05, 3.63) is 76.1 Å². The van der Waals surface area contributed by atoms with E-state index in [1.165, 1.54) is 12.1 Å². The molecule has 29 heavy (non-hydrogen) atoms. The van der Waals surface area contributed by atoms with Gasteiger partial charge < -0.3 is 20.0 Å². The highest BCUT2D eigenvalue weighted by atomic mass is 16.7. The summed E-state index contributed by atoms with van der Waals surface area (Å²) in [4.78, 5) is 42.5. The van der Waals surface area contributed by atoms with Crippen molar-refractivity contribution in [3.8, 4) is 5.88 Å². The highest BCUT2D eigenvalue weighted by Gasteiger charge is 2.23. The van der Waals surface area contributed by atoms with E-state index in [2.05, 4.69) is 5.32 Å². The van der Waals surface area contributed by atoms with Crippen LogP contribution in [-0.2, 0) is 16.1 Å². The van der Waals surface area contributed by atoms with Gasteiger partial charge in [0.05, 0.1) is 12.0 Å². The molecule has 0 saturated carbocycles. The fourth-order valence-corrected chi connectivity index (χ4v) is 2.82. The van der Waals surface area contributed by atoms with Crippen LogP contribution in [0.2, 0.25) is 0 Å². The van der Waals surface area contributed by atoms with Crippen LogP contribution in [0.15, 0.2) is 59.4 Å². The van der Waals surface area contributed by atoms with Crippen molar-refractivity contribution < 1.29 is 24.3 Å². The van der Waals surface area contributed by atoms with Gasteiger partial charge in [0.2, 0.25) is 5.88 Å². The fourth-order valence-electron chi connectivity index (χ4n) is 2.82. The number of carbonyl (C=O) groups is 2. The van der Waals surface area contributed by atoms with Crippen molar-refractivity contribution in [2.45, 2.75) is 13.5 Å². The van der Waals surface area contributed by atoms with E-state index in [-0.39, 0.29) is 36.1 Å². The number of amides is 1. The number of pyridine rings is 1. The average Bonchev–Trinajstić information content (AvgIpc) is 2.73. The lowest BCUT2D eigenvalue weighted by atomic mass is 10.1. The summed E-state index contributed by atoms with van der Waals surface area (Å²) in [5, 5.41) is 13.5. The number of aromatic nitrogens is 1. The molecule has 0 unspecified atom stereocenters. The minimum atomic E-state index is -0.733.